The second-order valence-corrected chi connectivity index (χ2v) is 7.81. The maximum absolute atomic E-state index is 8.75. The highest BCUT2D eigenvalue weighted by Gasteiger charge is 1.98. The Balaban J connectivity index is 1.50. The van der Waals surface area contributed by atoms with Crippen LogP contribution >= 0.6 is 0 Å². The fraction of sp³-hybridized carbons (Fsp3) is 0.429. The molecule has 2 rings (SSSR count). The Bertz CT molecular complexity index is 713. The number of hydrogen-bond donors (Lipinski definition) is 2. The lowest BCUT2D eigenvalue weighted by molar-refractivity contribution is -0.139. The monoisotopic (exact) mass is 454 g/mol. The molecular weight excluding hydrogens is 416 g/mol. The lowest BCUT2D eigenvalue weighted by Crippen LogP contribution is -2.05. The molecule has 0 saturated heterocycles. The van der Waals surface area contributed by atoms with Crippen molar-refractivity contribution in [1.29, 1.82) is 0 Å². The molecule has 0 aliphatic carbocycles. The zero-order valence-electron chi connectivity index (χ0n) is 19.5. The molecular formula is C28H38O5. The predicted molar refractivity (Wildman–Crippen MR) is 132 cm³/mol. The van der Waals surface area contributed by atoms with E-state index in [4.69, 9.17) is 24.4 Å². The van der Waals surface area contributed by atoms with E-state index in [-0.39, 0.29) is 26.8 Å². The van der Waals surface area contributed by atoms with Gasteiger partial charge in [0.25, 0.3) is 0 Å². The van der Waals surface area contributed by atoms with E-state index in [0.29, 0.717) is 13.2 Å². The van der Waals surface area contributed by atoms with E-state index in [1.54, 1.807) is 0 Å². The molecule has 2 aromatic carbocycles. The van der Waals surface area contributed by atoms with Crippen molar-refractivity contribution in [3.05, 3.63) is 95.1 Å². The van der Waals surface area contributed by atoms with Crippen molar-refractivity contribution in [2.45, 2.75) is 51.7 Å². The molecule has 2 N–H and O–H groups in total. The van der Waals surface area contributed by atoms with Gasteiger partial charge in [0.15, 0.2) is 0 Å². The molecule has 0 saturated carbocycles. The highest BCUT2D eigenvalue weighted by Crippen LogP contribution is 2.10. The number of allylic oxidation sites excluding steroid dienone is 2. The van der Waals surface area contributed by atoms with E-state index < -0.39 is 0 Å². The molecule has 0 aromatic heterocycles. The summed E-state index contributed by atoms with van der Waals surface area (Å²) in [5.41, 5.74) is 4.81. The maximum Gasteiger partial charge on any atom is 0.150 e. The Morgan fingerprint density at radius 3 is 1.24 bits per heavy atom. The highest BCUT2D eigenvalue weighted by atomic mass is 16.7. The van der Waals surface area contributed by atoms with Gasteiger partial charge in [-0.3, -0.25) is 0 Å². The van der Waals surface area contributed by atoms with Crippen molar-refractivity contribution < 1.29 is 24.4 Å². The zero-order chi connectivity index (χ0) is 23.4. The van der Waals surface area contributed by atoms with Gasteiger partial charge in [0.1, 0.15) is 13.6 Å². The summed E-state index contributed by atoms with van der Waals surface area (Å²) in [7, 11) is 0. The lowest BCUT2D eigenvalue weighted by Gasteiger charge is -2.08. The van der Waals surface area contributed by atoms with Gasteiger partial charge in [0, 0.05) is 13.2 Å². The van der Waals surface area contributed by atoms with Crippen LogP contribution in [0.25, 0.3) is 0 Å². The zero-order valence-corrected chi connectivity index (χ0v) is 19.5. The average molecular weight is 455 g/mol. The third kappa shape index (κ3) is 13.1. The van der Waals surface area contributed by atoms with Crippen LogP contribution in [-0.2, 0) is 40.3 Å². The van der Waals surface area contributed by atoms with E-state index >= 15 is 0 Å². The minimum Gasteiger partial charge on any atom is -0.396 e. The molecule has 33 heavy (non-hydrogen) atoms. The summed E-state index contributed by atoms with van der Waals surface area (Å²) in [6.45, 7) is 1.82. The molecule has 0 bridgehead atoms. The minimum absolute atomic E-state index is 0.195. The fourth-order valence-corrected chi connectivity index (χ4v) is 3.20. The Morgan fingerprint density at radius 1 is 0.485 bits per heavy atom. The number of aryl methyl sites for hydroxylation is 2. The number of hydrogen-bond acceptors (Lipinski definition) is 5. The topological polar surface area (TPSA) is 68.2 Å². The lowest BCUT2D eigenvalue weighted by atomic mass is 10.1. The first-order chi connectivity index (χ1) is 16.3. The van der Waals surface area contributed by atoms with Gasteiger partial charge in [-0.1, -0.05) is 72.8 Å². The van der Waals surface area contributed by atoms with Crippen LogP contribution in [-0.4, -0.2) is 37.0 Å². The summed E-state index contributed by atoms with van der Waals surface area (Å²) in [4.78, 5) is 0. The van der Waals surface area contributed by atoms with Crippen LogP contribution in [0.4, 0.5) is 0 Å². The summed E-state index contributed by atoms with van der Waals surface area (Å²) < 4.78 is 16.5. The highest BCUT2D eigenvalue weighted by molar-refractivity contribution is 5.23. The van der Waals surface area contributed by atoms with Crippen LogP contribution in [0.5, 0.6) is 0 Å². The third-order valence-corrected chi connectivity index (χ3v) is 5.04. The first-order valence-electron chi connectivity index (χ1n) is 11.7. The van der Waals surface area contributed by atoms with Crippen LogP contribution in [0.2, 0.25) is 0 Å². The van der Waals surface area contributed by atoms with Gasteiger partial charge >= 0.3 is 0 Å². The van der Waals surface area contributed by atoms with Gasteiger partial charge in [-0.05, 0) is 60.8 Å². The van der Waals surface area contributed by atoms with Gasteiger partial charge in [-0.25, -0.2) is 0 Å². The fourth-order valence-electron chi connectivity index (χ4n) is 3.20. The van der Waals surface area contributed by atoms with E-state index in [0.717, 1.165) is 49.7 Å². The van der Waals surface area contributed by atoms with Crippen LogP contribution in [0, 0.1) is 0 Å². The second-order valence-electron chi connectivity index (χ2n) is 7.81. The number of rotatable bonds is 18. The van der Waals surface area contributed by atoms with Crippen molar-refractivity contribution in [2.75, 3.05) is 26.8 Å². The SMILES string of the molecule is OCC/C=C\CCc1ccc(COCOCOCc2ccc(CC/C=C\CCO)cc2)cc1. The molecule has 180 valence electrons. The Morgan fingerprint density at radius 2 is 0.848 bits per heavy atom. The molecule has 0 spiro atoms. The second kappa shape index (κ2) is 18.2. The number of aliphatic hydroxyl groups excluding tert-OH is 2. The molecule has 2 aromatic rings. The van der Waals surface area contributed by atoms with Gasteiger partial charge in [-0.2, -0.15) is 0 Å². The molecule has 0 unspecified atom stereocenters. The summed E-state index contributed by atoms with van der Waals surface area (Å²) >= 11 is 0. The standard InChI is InChI=1S/C28H38O5/c29-19-7-3-1-5-9-25-11-15-27(16-12-25)21-31-23-33-24-32-22-28-17-13-26(14-18-28)10-6-2-4-8-20-30/h1-4,11-18,29-30H,5-10,19-24H2/b3-1-,4-2-. The summed E-state index contributed by atoms with van der Waals surface area (Å²) in [5.74, 6) is 0. The smallest absolute Gasteiger partial charge is 0.150 e. The van der Waals surface area contributed by atoms with E-state index in [1.165, 1.54) is 11.1 Å². The first kappa shape index (κ1) is 27.0. The molecule has 0 atom stereocenters. The summed E-state index contributed by atoms with van der Waals surface area (Å²) in [6.07, 6.45) is 13.7. The molecule has 0 radical (unpaired) electrons. The molecule has 0 heterocycles. The molecule has 0 aliphatic rings. The van der Waals surface area contributed by atoms with Crippen LogP contribution < -0.4 is 0 Å². The van der Waals surface area contributed by atoms with Crippen molar-refractivity contribution in [2.24, 2.45) is 0 Å². The van der Waals surface area contributed by atoms with Crippen LogP contribution in [0.1, 0.15) is 47.9 Å². The van der Waals surface area contributed by atoms with Gasteiger partial charge < -0.3 is 24.4 Å². The Hall–Kier alpha value is -2.28. The van der Waals surface area contributed by atoms with Crippen molar-refractivity contribution in [1.82, 2.24) is 0 Å². The van der Waals surface area contributed by atoms with Crippen molar-refractivity contribution in [3.63, 3.8) is 0 Å². The minimum atomic E-state index is 0.195. The van der Waals surface area contributed by atoms with Crippen molar-refractivity contribution >= 4 is 0 Å². The van der Waals surface area contributed by atoms with E-state index in [1.807, 2.05) is 12.2 Å². The molecule has 0 amide bonds. The van der Waals surface area contributed by atoms with Gasteiger partial charge in [0.05, 0.1) is 13.2 Å². The number of ether oxygens (including phenoxy) is 3. The Kier molecular flexibility index (Phi) is 14.9. The summed E-state index contributed by atoms with van der Waals surface area (Å²) in [6, 6.07) is 16.8. The van der Waals surface area contributed by atoms with Crippen LogP contribution in [0.15, 0.2) is 72.8 Å². The first-order valence-corrected chi connectivity index (χ1v) is 11.7. The van der Waals surface area contributed by atoms with E-state index in [2.05, 4.69) is 60.7 Å². The predicted octanol–water partition coefficient (Wildman–Crippen LogP) is 5.09. The largest absolute Gasteiger partial charge is 0.396 e. The quantitative estimate of drug-likeness (QED) is 0.186. The third-order valence-electron chi connectivity index (χ3n) is 5.04. The van der Waals surface area contributed by atoms with Gasteiger partial charge in [-0.15, -0.1) is 0 Å². The molecule has 0 fully saturated rings. The summed E-state index contributed by atoms with van der Waals surface area (Å²) in [5, 5.41) is 17.5. The normalized spacial score (nSPS) is 11.7. The molecule has 0 aliphatic heterocycles. The number of aliphatic hydroxyl groups is 2. The average Bonchev–Trinajstić information content (AvgIpc) is 2.85. The maximum atomic E-state index is 8.75. The number of benzene rings is 2. The van der Waals surface area contributed by atoms with Crippen molar-refractivity contribution in [3.8, 4) is 0 Å². The van der Waals surface area contributed by atoms with Crippen LogP contribution in [0.3, 0.4) is 0 Å². The van der Waals surface area contributed by atoms with Gasteiger partial charge in [0.2, 0.25) is 0 Å². The van der Waals surface area contributed by atoms with E-state index in [9.17, 15) is 0 Å². The Labute approximate surface area is 198 Å². The molecule has 5 nitrogen and oxygen atoms in total. The molecule has 5 heteroatoms.